The first-order valence-electron chi connectivity index (χ1n) is 8.86. The van der Waals surface area contributed by atoms with Crippen LogP contribution in [0.4, 0.5) is 0 Å². The van der Waals surface area contributed by atoms with Gasteiger partial charge in [-0.15, -0.1) is 0 Å². The van der Waals surface area contributed by atoms with Gasteiger partial charge in [-0.05, 0) is 43.9 Å². The van der Waals surface area contributed by atoms with Crippen LogP contribution in [0.25, 0.3) is 0 Å². The SMILES string of the molecule is CCCCN(C)C(=NCCCc1ccc(OC)c(OC)c1)NCC. The fourth-order valence-corrected chi connectivity index (χ4v) is 2.48. The zero-order valence-electron chi connectivity index (χ0n) is 15.9. The summed E-state index contributed by atoms with van der Waals surface area (Å²) in [6.07, 6.45) is 4.36. The number of unbranched alkanes of at least 4 members (excludes halogenated alkanes) is 1. The number of rotatable bonds is 10. The molecule has 0 bridgehead atoms. The number of nitrogens with one attached hydrogen (secondary N) is 1. The van der Waals surface area contributed by atoms with E-state index in [9.17, 15) is 0 Å². The monoisotopic (exact) mass is 335 g/mol. The maximum atomic E-state index is 5.35. The number of aryl methyl sites for hydroxylation is 1. The van der Waals surface area contributed by atoms with Gasteiger partial charge in [0.2, 0.25) is 0 Å². The second-order valence-corrected chi connectivity index (χ2v) is 5.80. The smallest absolute Gasteiger partial charge is 0.193 e. The molecule has 0 spiro atoms. The molecule has 0 fully saturated rings. The number of guanidine groups is 1. The van der Waals surface area contributed by atoms with E-state index in [-0.39, 0.29) is 0 Å². The van der Waals surface area contributed by atoms with Gasteiger partial charge in [0.1, 0.15) is 0 Å². The minimum atomic E-state index is 0.770. The summed E-state index contributed by atoms with van der Waals surface area (Å²) >= 11 is 0. The van der Waals surface area contributed by atoms with Gasteiger partial charge in [0, 0.05) is 26.7 Å². The van der Waals surface area contributed by atoms with Crippen LogP contribution in [0.15, 0.2) is 23.2 Å². The highest BCUT2D eigenvalue weighted by molar-refractivity contribution is 5.79. The predicted molar refractivity (Wildman–Crippen MR) is 101 cm³/mol. The zero-order chi connectivity index (χ0) is 17.8. The molecule has 0 aliphatic rings. The molecule has 0 radical (unpaired) electrons. The summed E-state index contributed by atoms with van der Waals surface area (Å²) in [5, 5.41) is 3.36. The minimum absolute atomic E-state index is 0.770. The van der Waals surface area contributed by atoms with Crippen molar-refractivity contribution in [1.82, 2.24) is 10.2 Å². The minimum Gasteiger partial charge on any atom is -0.493 e. The van der Waals surface area contributed by atoms with Crippen molar-refractivity contribution in [2.75, 3.05) is 40.9 Å². The fraction of sp³-hybridized carbons (Fsp3) is 0.632. The summed E-state index contributed by atoms with van der Waals surface area (Å²) < 4.78 is 10.6. The van der Waals surface area contributed by atoms with E-state index in [1.165, 1.54) is 18.4 Å². The Labute approximate surface area is 147 Å². The normalized spacial score (nSPS) is 11.3. The molecule has 24 heavy (non-hydrogen) atoms. The van der Waals surface area contributed by atoms with Crippen LogP contribution in [0.5, 0.6) is 11.5 Å². The number of benzene rings is 1. The third kappa shape index (κ3) is 6.69. The van der Waals surface area contributed by atoms with Gasteiger partial charge in [0.25, 0.3) is 0 Å². The Bertz CT molecular complexity index is 503. The van der Waals surface area contributed by atoms with Crippen molar-refractivity contribution in [3.63, 3.8) is 0 Å². The highest BCUT2D eigenvalue weighted by Crippen LogP contribution is 2.27. The van der Waals surface area contributed by atoms with Crippen LogP contribution in [-0.2, 0) is 6.42 Å². The molecule has 1 aromatic rings. The van der Waals surface area contributed by atoms with Crippen LogP contribution in [0.2, 0.25) is 0 Å². The molecule has 0 unspecified atom stereocenters. The van der Waals surface area contributed by atoms with Crippen molar-refractivity contribution in [3.8, 4) is 11.5 Å². The lowest BCUT2D eigenvalue weighted by atomic mass is 10.1. The van der Waals surface area contributed by atoms with Gasteiger partial charge >= 0.3 is 0 Å². The van der Waals surface area contributed by atoms with Crippen molar-refractivity contribution in [3.05, 3.63) is 23.8 Å². The second kappa shape index (κ2) is 11.6. The van der Waals surface area contributed by atoms with Crippen molar-refractivity contribution >= 4 is 5.96 Å². The van der Waals surface area contributed by atoms with E-state index in [1.807, 2.05) is 12.1 Å². The Kier molecular flexibility index (Phi) is 9.73. The van der Waals surface area contributed by atoms with Crippen molar-refractivity contribution < 1.29 is 9.47 Å². The summed E-state index contributed by atoms with van der Waals surface area (Å²) in [7, 11) is 5.43. The Morgan fingerprint density at radius 1 is 1.12 bits per heavy atom. The molecule has 0 saturated heterocycles. The molecule has 0 saturated carbocycles. The third-order valence-electron chi connectivity index (χ3n) is 3.88. The summed E-state index contributed by atoms with van der Waals surface area (Å²) in [6.45, 7) is 7.06. The molecule has 0 amide bonds. The number of nitrogens with zero attached hydrogens (tertiary/aromatic N) is 2. The maximum Gasteiger partial charge on any atom is 0.193 e. The predicted octanol–water partition coefficient (Wildman–Crippen LogP) is 3.33. The molecule has 0 aliphatic carbocycles. The van der Waals surface area contributed by atoms with Crippen LogP contribution in [-0.4, -0.2) is 51.8 Å². The Morgan fingerprint density at radius 2 is 1.88 bits per heavy atom. The molecule has 5 nitrogen and oxygen atoms in total. The van der Waals surface area contributed by atoms with Crippen molar-refractivity contribution in [1.29, 1.82) is 0 Å². The molecule has 1 aromatic carbocycles. The molecule has 0 atom stereocenters. The lowest BCUT2D eigenvalue weighted by Gasteiger charge is -2.21. The molecule has 1 rings (SSSR count). The van der Waals surface area contributed by atoms with Crippen LogP contribution in [0, 0.1) is 0 Å². The molecule has 0 aromatic heterocycles. The first-order valence-corrected chi connectivity index (χ1v) is 8.86. The zero-order valence-corrected chi connectivity index (χ0v) is 15.9. The quantitative estimate of drug-likeness (QED) is 0.405. The standard InChI is InChI=1S/C19H33N3O2/c1-6-8-14-22(3)19(20-7-2)21-13-9-10-16-11-12-17(23-4)18(15-16)24-5/h11-12,15H,6-10,13-14H2,1-5H3,(H,20,21). The maximum absolute atomic E-state index is 5.35. The van der Waals surface area contributed by atoms with Gasteiger partial charge in [0.05, 0.1) is 14.2 Å². The van der Waals surface area contributed by atoms with Gasteiger partial charge in [-0.3, -0.25) is 4.99 Å². The van der Waals surface area contributed by atoms with Crippen LogP contribution in [0.1, 0.15) is 38.7 Å². The second-order valence-electron chi connectivity index (χ2n) is 5.80. The summed E-state index contributed by atoms with van der Waals surface area (Å²) in [6, 6.07) is 6.09. The van der Waals surface area contributed by atoms with Crippen molar-refractivity contribution in [2.45, 2.75) is 39.5 Å². The molecular formula is C19H33N3O2. The Balaban J connectivity index is 2.54. The number of ether oxygens (including phenoxy) is 2. The largest absolute Gasteiger partial charge is 0.493 e. The van der Waals surface area contributed by atoms with Gasteiger partial charge in [0.15, 0.2) is 17.5 Å². The van der Waals surface area contributed by atoms with Gasteiger partial charge < -0.3 is 19.7 Å². The molecule has 136 valence electrons. The number of aliphatic imine (C=N–C) groups is 1. The topological polar surface area (TPSA) is 46.1 Å². The van der Waals surface area contributed by atoms with E-state index < -0.39 is 0 Å². The Morgan fingerprint density at radius 3 is 2.50 bits per heavy atom. The van der Waals surface area contributed by atoms with E-state index in [4.69, 9.17) is 14.5 Å². The highest BCUT2D eigenvalue weighted by Gasteiger charge is 2.06. The molecule has 0 aliphatic heterocycles. The average molecular weight is 335 g/mol. The lowest BCUT2D eigenvalue weighted by Crippen LogP contribution is -2.39. The molecule has 5 heteroatoms. The molecular weight excluding hydrogens is 302 g/mol. The fourth-order valence-electron chi connectivity index (χ4n) is 2.48. The van der Waals surface area contributed by atoms with Gasteiger partial charge in [-0.25, -0.2) is 0 Å². The van der Waals surface area contributed by atoms with E-state index in [1.54, 1.807) is 14.2 Å². The third-order valence-corrected chi connectivity index (χ3v) is 3.88. The Hall–Kier alpha value is -1.91. The summed E-state index contributed by atoms with van der Waals surface area (Å²) in [5.74, 6) is 2.55. The number of hydrogen-bond acceptors (Lipinski definition) is 3. The van der Waals surface area contributed by atoms with E-state index in [2.05, 4.69) is 37.2 Å². The van der Waals surface area contributed by atoms with Crippen LogP contribution >= 0.6 is 0 Å². The first kappa shape index (κ1) is 20.1. The van der Waals surface area contributed by atoms with Crippen LogP contribution in [0.3, 0.4) is 0 Å². The summed E-state index contributed by atoms with van der Waals surface area (Å²) in [4.78, 5) is 6.94. The van der Waals surface area contributed by atoms with E-state index >= 15 is 0 Å². The number of hydrogen-bond donors (Lipinski definition) is 1. The number of methoxy groups -OCH3 is 2. The van der Waals surface area contributed by atoms with Gasteiger partial charge in [-0.2, -0.15) is 0 Å². The van der Waals surface area contributed by atoms with Crippen molar-refractivity contribution in [2.24, 2.45) is 4.99 Å². The van der Waals surface area contributed by atoms with E-state index in [0.717, 1.165) is 49.9 Å². The first-order chi connectivity index (χ1) is 11.7. The molecule has 1 N–H and O–H groups in total. The molecule has 0 heterocycles. The van der Waals surface area contributed by atoms with Crippen LogP contribution < -0.4 is 14.8 Å². The summed E-state index contributed by atoms with van der Waals surface area (Å²) in [5.41, 5.74) is 1.24. The van der Waals surface area contributed by atoms with E-state index in [0.29, 0.717) is 0 Å². The average Bonchev–Trinajstić information content (AvgIpc) is 2.61. The lowest BCUT2D eigenvalue weighted by molar-refractivity contribution is 0.354. The highest BCUT2D eigenvalue weighted by atomic mass is 16.5. The van der Waals surface area contributed by atoms with Gasteiger partial charge in [-0.1, -0.05) is 19.4 Å².